The number of aromatic nitrogens is 7. The minimum atomic E-state index is 0. The molecule has 0 bridgehead atoms. The molecular weight excluding hydrogens is 542 g/mol. The van der Waals surface area contributed by atoms with Gasteiger partial charge in [-0.05, 0) is 5.69 Å². The Morgan fingerprint density at radius 1 is 0.828 bits per heavy atom. The number of fused-ring (bicyclic) bond motifs is 6. The number of hydrogen-bond acceptors (Lipinski definition) is 5. The quantitative estimate of drug-likeness (QED) is 0.230. The van der Waals surface area contributed by atoms with Crippen LogP contribution >= 0.6 is 0 Å². The Labute approximate surface area is 179 Å². The van der Waals surface area contributed by atoms with Gasteiger partial charge in [-0.2, -0.15) is 29.4 Å². The molecule has 0 spiro atoms. The average Bonchev–Trinajstić information content (AvgIpc) is 3.48. The number of rotatable bonds is 1. The van der Waals surface area contributed by atoms with Gasteiger partial charge < -0.3 is 4.40 Å². The molecule has 4 aromatic heterocycles. The van der Waals surface area contributed by atoms with Crippen LogP contribution in [0.3, 0.4) is 0 Å². The fourth-order valence-corrected chi connectivity index (χ4v) is 3.03. The Hall–Kier alpha value is -3.48. The summed E-state index contributed by atoms with van der Waals surface area (Å²) >= 11 is 0. The second-order valence-corrected chi connectivity index (χ2v) is 5.90. The second kappa shape index (κ2) is 8.26. The van der Waals surface area contributed by atoms with Crippen molar-refractivity contribution in [2.24, 2.45) is 0 Å². The van der Waals surface area contributed by atoms with Crippen LogP contribution in [0.15, 0.2) is 79.9 Å². The first kappa shape index (κ1) is 18.9. The molecule has 0 unspecified atom stereocenters. The van der Waals surface area contributed by atoms with E-state index in [1.54, 1.807) is 29.6 Å². The number of imidazole rings is 1. The molecule has 0 aliphatic heterocycles. The van der Waals surface area contributed by atoms with Gasteiger partial charge in [-0.15, -0.1) is 30.3 Å². The zero-order chi connectivity index (χ0) is 18.8. The summed E-state index contributed by atoms with van der Waals surface area (Å²) in [4.78, 5) is 17.0. The zero-order valence-electron chi connectivity index (χ0n) is 15.0. The molecule has 2 aromatic carbocycles. The van der Waals surface area contributed by atoms with E-state index in [2.05, 4.69) is 37.2 Å². The van der Waals surface area contributed by atoms with Crippen LogP contribution in [0.4, 0.5) is 0 Å². The summed E-state index contributed by atoms with van der Waals surface area (Å²) in [5.74, 6) is 0. The van der Waals surface area contributed by atoms with Crippen LogP contribution in [0.25, 0.3) is 33.3 Å². The summed E-state index contributed by atoms with van der Waals surface area (Å²) in [6.45, 7) is 0. The first-order chi connectivity index (χ1) is 13.9. The number of hydrogen-bond donors (Lipinski definition) is 0. The van der Waals surface area contributed by atoms with Crippen molar-refractivity contribution >= 4 is 27.6 Å². The van der Waals surface area contributed by atoms with E-state index in [-0.39, 0.29) is 20.1 Å². The predicted molar refractivity (Wildman–Crippen MR) is 105 cm³/mol. The molecular formula is C21H13IrN7-2. The number of nitrogens with zero attached hydrogens (tertiary/aromatic N) is 7. The van der Waals surface area contributed by atoms with Crippen LogP contribution in [0.2, 0.25) is 0 Å². The van der Waals surface area contributed by atoms with E-state index >= 15 is 0 Å². The van der Waals surface area contributed by atoms with Crippen molar-refractivity contribution in [1.29, 1.82) is 0 Å². The molecule has 0 aliphatic rings. The molecule has 0 aliphatic carbocycles. The molecule has 6 rings (SSSR count). The van der Waals surface area contributed by atoms with Gasteiger partial charge in [0.15, 0.2) is 0 Å². The van der Waals surface area contributed by atoms with Gasteiger partial charge in [0.1, 0.15) is 18.3 Å². The van der Waals surface area contributed by atoms with Crippen LogP contribution in [0.1, 0.15) is 0 Å². The Balaban J connectivity index is 0.000000149. The third-order valence-corrected chi connectivity index (χ3v) is 4.24. The molecule has 0 amide bonds. The fourth-order valence-electron chi connectivity index (χ4n) is 3.03. The first-order valence-electron chi connectivity index (χ1n) is 8.60. The molecule has 0 fully saturated rings. The summed E-state index contributed by atoms with van der Waals surface area (Å²) in [5, 5.41) is 5.97. The molecule has 0 N–H and O–H groups in total. The van der Waals surface area contributed by atoms with E-state index < -0.39 is 0 Å². The molecule has 7 nitrogen and oxygen atoms in total. The first-order valence-corrected chi connectivity index (χ1v) is 8.60. The topological polar surface area (TPSA) is 73.8 Å². The molecule has 6 aromatic rings. The van der Waals surface area contributed by atoms with E-state index in [0.29, 0.717) is 0 Å². The van der Waals surface area contributed by atoms with Crippen LogP contribution in [-0.2, 0) is 20.1 Å². The van der Waals surface area contributed by atoms with Gasteiger partial charge in [0.05, 0.1) is 11.2 Å². The molecule has 8 heteroatoms. The Morgan fingerprint density at radius 3 is 2.52 bits per heavy atom. The van der Waals surface area contributed by atoms with Gasteiger partial charge in [-0.3, -0.25) is 9.97 Å². The summed E-state index contributed by atoms with van der Waals surface area (Å²) in [5.41, 5.74) is 3.48. The number of benzene rings is 2. The average molecular weight is 556 g/mol. The van der Waals surface area contributed by atoms with E-state index in [4.69, 9.17) is 0 Å². The summed E-state index contributed by atoms with van der Waals surface area (Å²) in [6.07, 6.45) is 10.2. The molecule has 0 atom stereocenters. The predicted octanol–water partition coefficient (Wildman–Crippen LogP) is 3.30. The van der Waals surface area contributed by atoms with Crippen molar-refractivity contribution in [3.63, 3.8) is 0 Å². The summed E-state index contributed by atoms with van der Waals surface area (Å²) in [7, 11) is 0. The van der Waals surface area contributed by atoms with Gasteiger partial charge in [0.2, 0.25) is 0 Å². The smallest absolute Gasteiger partial charge is 0.146 e. The van der Waals surface area contributed by atoms with E-state index in [0.717, 1.165) is 33.3 Å². The summed E-state index contributed by atoms with van der Waals surface area (Å²) < 4.78 is 3.61. The van der Waals surface area contributed by atoms with Gasteiger partial charge >= 0.3 is 0 Å². The van der Waals surface area contributed by atoms with Crippen molar-refractivity contribution in [1.82, 2.24) is 34.1 Å². The standard InChI is InChI=1S/C13H7N4.C8H6N3.Ir/c1-2-4-10-9(3-1)11-13(15-6-5-14-11)17-8-7-16-12(10)17;1-2-4-8(5-3-1)11-7-9-6-10-11;/h1-3,5-8H;1-4,6-7H;/q2*-1;. The minimum Gasteiger partial charge on any atom is -0.324 e. The van der Waals surface area contributed by atoms with Crippen molar-refractivity contribution in [3.8, 4) is 5.69 Å². The van der Waals surface area contributed by atoms with E-state index in [1.165, 1.54) is 6.33 Å². The largest absolute Gasteiger partial charge is 0.324 e. The van der Waals surface area contributed by atoms with Crippen LogP contribution in [-0.4, -0.2) is 34.1 Å². The van der Waals surface area contributed by atoms with Crippen molar-refractivity contribution in [3.05, 3.63) is 92.0 Å². The van der Waals surface area contributed by atoms with E-state index in [1.807, 2.05) is 53.1 Å². The fraction of sp³-hybridized carbons (Fsp3) is 0. The van der Waals surface area contributed by atoms with Gasteiger partial charge in [0.25, 0.3) is 0 Å². The van der Waals surface area contributed by atoms with Gasteiger partial charge in [-0.1, -0.05) is 10.8 Å². The Bertz CT molecular complexity index is 1290. The maximum absolute atomic E-state index is 4.41. The second-order valence-electron chi connectivity index (χ2n) is 5.90. The van der Waals surface area contributed by atoms with Crippen molar-refractivity contribution in [2.75, 3.05) is 0 Å². The van der Waals surface area contributed by atoms with Crippen LogP contribution in [0, 0.1) is 12.1 Å². The molecule has 1 radical (unpaired) electrons. The number of pyridine rings is 1. The normalized spacial score (nSPS) is 10.5. The van der Waals surface area contributed by atoms with Crippen LogP contribution in [0.5, 0.6) is 0 Å². The third-order valence-electron chi connectivity index (χ3n) is 4.24. The number of para-hydroxylation sites is 1. The van der Waals surface area contributed by atoms with Crippen molar-refractivity contribution in [2.45, 2.75) is 0 Å². The third kappa shape index (κ3) is 3.51. The molecule has 0 saturated carbocycles. The summed E-state index contributed by atoms with van der Waals surface area (Å²) in [6, 6.07) is 19.7. The molecule has 0 saturated heterocycles. The SMILES string of the molecule is [Ir].[c-]1cccc2c1c1nccn1c1nccnc21.[c-]1ccccc1-n1cncn1. The zero-order valence-corrected chi connectivity index (χ0v) is 17.4. The van der Waals surface area contributed by atoms with Gasteiger partial charge in [-0.25, -0.2) is 14.6 Å². The maximum Gasteiger partial charge on any atom is 0.146 e. The molecule has 29 heavy (non-hydrogen) atoms. The molecule has 143 valence electrons. The minimum absolute atomic E-state index is 0. The van der Waals surface area contributed by atoms with Crippen LogP contribution < -0.4 is 0 Å². The monoisotopic (exact) mass is 556 g/mol. The maximum atomic E-state index is 4.41. The Morgan fingerprint density at radius 2 is 1.69 bits per heavy atom. The Kier molecular flexibility index (Phi) is 5.37. The van der Waals surface area contributed by atoms with Gasteiger partial charge in [0, 0.05) is 44.9 Å². The van der Waals surface area contributed by atoms with Crippen molar-refractivity contribution < 1.29 is 20.1 Å². The van der Waals surface area contributed by atoms with E-state index in [9.17, 15) is 0 Å². The molecule has 4 heterocycles.